The van der Waals surface area contributed by atoms with Gasteiger partial charge in [0.25, 0.3) is 5.91 Å². The highest BCUT2D eigenvalue weighted by atomic mass is 19.1. The first-order valence-electron chi connectivity index (χ1n) is 10.6. The van der Waals surface area contributed by atoms with Gasteiger partial charge in [-0.1, -0.05) is 30.3 Å². The smallest absolute Gasteiger partial charge is 0.255 e. The third-order valence-corrected chi connectivity index (χ3v) is 5.88. The lowest BCUT2D eigenvalue weighted by Crippen LogP contribution is -2.20. The molecule has 1 aromatic heterocycles. The van der Waals surface area contributed by atoms with Crippen molar-refractivity contribution in [3.63, 3.8) is 0 Å². The molecule has 33 heavy (non-hydrogen) atoms. The number of primary amides is 1. The normalized spacial score (nSPS) is 15.2. The van der Waals surface area contributed by atoms with Crippen LogP contribution in [0.25, 0.3) is 10.9 Å². The summed E-state index contributed by atoms with van der Waals surface area (Å²) >= 11 is 0. The second kappa shape index (κ2) is 8.43. The van der Waals surface area contributed by atoms with E-state index >= 15 is 0 Å². The molecule has 6 nitrogen and oxygen atoms in total. The highest BCUT2D eigenvalue weighted by molar-refractivity contribution is 6.06. The van der Waals surface area contributed by atoms with Crippen LogP contribution in [0.1, 0.15) is 29.0 Å². The number of nitrogens with one attached hydrogen (secondary N) is 1. The van der Waals surface area contributed by atoms with Crippen LogP contribution in [0.3, 0.4) is 0 Å². The summed E-state index contributed by atoms with van der Waals surface area (Å²) in [5, 5.41) is 4.01. The van der Waals surface area contributed by atoms with E-state index in [1.807, 2.05) is 36.4 Å². The van der Waals surface area contributed by atoms with E-state index in [0.717, 1.165) is 33.3 Å². The quantitative estimate of drug-likeness (QED) is 0.469. The van der Waals surface area contributed by atoms with Crippen LogP contribution in [0, 0.1) is 5.82 Å². The van der Waals surface area contributed by atoms with E-state index < -0.39 is 5.91 Å². The molecule has 1 atom stereocenters. The molecular formula is C26H22FN3O3. The number of carbonyl (C=O) groups excluding carboxylic acids is 2. The summed E-state index contributed by atoms with van der Waals surface area (Å²) in [6, 6.07) is 19.7. The fourth-order valence-electron chi connectivity index (χ4n) is 4.46. The highest BCUT2D eigenvalue weighted by Gasteiger charge is 2.28. The highest BCUT2D eigenvalue weighted by Crippen LogP contribution is 2.41. The number of aromatic nitrogens is 1. The zero-order chi connectivity index (χ0) is 22.9. The Morgan fingerprint density at radius 2 is 1.91 bits per heavy atom. The van der Waals surface area contributed by atoms with Gasteiger partial charge in [-0.25, -0.2) is 4.39 Å². The molecule has 1 aliphatic rings. The number of anilines is 1. The Morgan fingerprint density at radius 3 is 2.67 bits per heavy atom. The van der Waals surface area contributed by atoms with Gasteiger partial charge >= 0.3 is 0 Å². The molecule has 1 aliphatic heterocycles. The maximum absolute atomic E-state index is 13.7. The summed E-state index contributed by atoms with van der Waals surface area (Å²) in [4.78, 5) is 23.7. The summed E-state index contributed by atoms with van der Waals surface area (Å²) in [6.45, 7) is 0.320. The SMILES string of the molecule is NC(=O)COc1ccc([C@@H]2CC(=O)Nc3cccc4c3c2cn4Cc2cccc(F)c2)cc1. The molecule has 0 bridgehead atoms. The van der Waals surface area contributed by atoms with Gasteiger partial charge < -0.3 is 20.4 Å². The minimum atomic E-state index is -0.543. The largest absolute Gasteiger partial charge is 0.484 e. The molecule has 0 fully saturated rings. The Bertz CT molecular complexity index is 1360. The molecule has 2 amide bonds. The van der Waals surface area contributed by atoms with Crippen molar-refractivity contribution in [3.05, 3.63) is 95.4 Å². The van der Waals surface area contributed by atoms with E-state index in [1.54, 1.807) is 18.2 Å². The number of ether oxygens (including phenoxy) is 1. The summed E-state index contributed by atoms with van der Waals surface area (Å²) in [5.41, 5.74) is 9.73. The van der Waals surface area contributed by atoms with Crippen LogP contribution in [0.4, 0.5) is 10.1 Å². The molecule has 0 aliphatic carbocycles. The molecule has 4 aromatic rings. The Kier molecular flexibility index (Phi) is 5.30. The first-order valence-corrected chi connectivity index (χ1v) is 10.6. The van der Waals surface area contributed by atoms with Crippen molar-refractivity contribution in [2.75, 3.05) is 11.9 Å². The van der Waals surface area contributed by atoms with Gasteiger partial charge in [0.15, 0.2) is 6.61 Å². The van der Waals surface area contributed by atoms with Crippen LogP contribution in [0.2, 0.25) is 0 Å². The molecule has 7 heteroatoms. The number of halogens is 1. The van der Waals surface area contributed by atoms with Crippen LogP contribution < -0.4 is 15.8 Å². The Morgan fingerprint density at radius 1 is 1.12 bits per heavy atom. The summed E-state index contributed by atoms with van der Waals surface area (Å²) in [5.74, 6) is -0.512. The van der Waals surface area contributed by atoms with Gasteiger partial charge in [0.1, 0.15) is 11.6 Å². The van der Waals surface area contributed by atoms with E-state index in [0.29, 0.717) is 12.3 Å². The van der Waals surface area contributed by atoms with Crippen molar-refractivity contribution in [2.24, 2.45) is 5.73 Å². The van der Waals surface area contributed by atoms with Crippen molar-refractivity contribution in [1.82, 2.24) is 4.57 Å². The van der Waals surface area contributed by atoms with Gasteiger partial charge in [-0.15, -0.1) is 0 Å². The van der Waals surface area contributed by atoms with E-state index in [2.05, 4.69) is 16.1 Å². The van der Waals surface area contributed by atoms with Gasteiger partial charge in [-0.3, -0.25) is 9.59 Å². The summed E-state index contributed by atoms with van der Waals surface area (Å²) in [7, 11) is 0. The molecule has 3 aromatic carbocycles. The molecule has 0 spiro atoms. The van der Waals surface area contributed by atoms with E-state index in [1.165, 1.54) is 12.1 Å². The maximum atomic E-state index is 13.7. The first-order chi connectivity index (χ1) is 16.0. The molecule has 0 radical (unpaired) electrons. The lowest BCUT2D eigenvalue weighted by molar-refractivity contribution is -0.120. The molecule has 0 saturated heterocycles. The number of nitrogens with two attached hydrogens (primary N) is 1. The predicted octanol–water partition coefficient (Wildman–Crippen LogP) is 4.17. The van der Waals surface area contributed by atoms with Crippen LogP contribution in [-0.4, -0.2) is 23.0 Å². The average Bonchev–Trinajstić information content (AvgIpc) is 3.08. The van der Waals surface area contributed by atoms with Gasteiger partial charge in [-0.05, 0) is 53.1 Å². The molecule has 5 rings (SSSR count). The van der Waals surface area contributed by atoms with Crippen molar-refractivity contribution < 1.29 is 18.7 Å². The van der Waals surface area contributed by atoms with Crippen LogP contribution >= 0.6 is 0 Å². The fraction of sp³-hybridized carbons (Fsp3) is 0.154. The maximum Gasteiger partial charge on any atom is 0.255 e. The number of hydrogen-bond donors (Lipinski definition) is 2. The molecule has 166 valence electrons. The number of nitrogens with zero attached hydrogens (tertiary/aromatic N) is 1. The van der Waals surface area contributed by atoms with Crippen molar-refractivity contribution in [1.29, 1.82) is 0 Å². The fourth-order valence-corrected chi connectivity index (χ4v) is 4.46. The number of benzene rings is 3. The molecular weight excluding hydrogens is 421 g/mol. The lowest BCUT2D eigenvalue weighted by Gasteiger charge is -2.15. The number of hydrogen-bond acceptors (Lipinski definition) is 3. The Balaban J connectivity index is 1.56. The number of carbonyl (C=O) groups is 2. The average molecular weight is 443 g/mol. The topological polar surface area (TPSA) is 86.4 Å². The van der Waals surface area contributed by atoms with Crippen molar-refractivity contribution in [2.45, 2.75) is 18.9 Å². The van der Waals surface area contributed by atoms with Gasteiger partial charge in [0.05, 0.1) is 11.2 Å². The van der Waals surface area contributed by atoms with Gasteiger partial charge in [0.2, 0.25) is 5.91 Å². The van der Waals surface area contributed by atoms with Crippen LogP contribution in [0.5, 0.6) is 5.75 Å². The standard InChI is InChI=1S/C26H22FN3O3/c27-18-4-1-3-16(11-18)13-30-14-21-20(17-7-9-19(10-8-17)33-15-24(28)31)12-25(32)29-22-5-2-6-23(30)26(21)22/h1-11,14,20H,12-13,15H2,(H2,28,31)(H,29,32)/t20-/m0/s1. The minimum Gasteiger partial charge on any atom is -0.484 e. The zero-order valence-corrected chi connectivity index (χ0v) is 17.8. The van der Waals surface area contributed by atoms with E-state index in [-0.39, 0.29) is 30.7 Å². The van der Waals surface area contributed by atoms with E-state index in [4.69, 9.17) is 10.5 Å². The van der Waals surface area contributed by atoms with Gasteiger partial charge in [0, 0.05) is 30.5 Å². The third-order valence-electron chi connectivity index (χ3n) is 5.88. The summed E-state index contributed by atoms with van der Waals surface area (Å²) < 4.78 is 21.2. The molecule has 2 heterocycles. The lowest BCUT2D eigenvalue weighted by atomic mass is 9.88. The molecule has 3 N–H and O–H groups in total. The monoisotopic (exact) mass is 443 g/mol. The first kappa shape index (κ1) is 20.8. The number of rotatable bonds is 6. The predicted molar refractivity (Wildman–Crippen MR) is 124 cm³/mol. The number of amides is 2. The van der Waals surface area contributed by atoms with Gasteiger partial charge in [-0.2, -0.15) is 0 Å². The molecule has 0 unspecified atom stereocenters. The van der Waals surface area contributed by atoms with Crippen molar-refractivity contribution in [3.8, 4) is 5.75 Å². The zero-order valence-electron chi connectivity index (χ0n) is 17.8. The molecule has 0 saturated carbocycles. The Labute approximate surface area is 189 Å². The Hall–Kier alpha value is -4.13. The summed E-state index contributed by atoms with van der Waals surface area (Å²) in [6.07, 6.45) is 2.34. The van der Waals surface area contributed by atoms with Crippen molar-refractivity contribution >= 4 is 28.4 Å². The second-order valence-electron chi connectivity index (χ2n) is 8.17. The van der Waals surface area contributed by atoms with Crippen LogP contribution in [0.15, 0.2) is 72.9 Å². The van der Waals surface area contributed by atoms with Crippen LogP contribution in [-0.2, 0) is 16.1 Å². The van der Waals surface area contributed by atoms with E-state index in [9.17, 15) is 14.0 Å². The minimum absolute atomic E-state index is 0.0607. The second-order valence-corrected chi connectivity index (χ2v) is 8.17. The third kappa shape index (κ3) is 4.17.